The fraction of sp³-hybridized carbons (Fsp3) is 0.333. The third kappa shape index (κ3) is 2.15. The van der Waals surface area contributed by atoms with Gasteiger partial charge in [0.25, 0.3) is 10.2 Å². The van der Waals surface area contributed by atoms with E-state index in [0.717, 1.165) is 5.56 Å². The molecule has 0 unspecified atom stereocenters. The highest BCUT2D eigenvalue weighted by atomic mass is 35.5. The van der Waals surface area contributed by atoms with Crippen LogP contribution in [0.2, 0.25) is 5.02 Å². The molecule has 15 heavy (non-hydrogen) atoms. The van der Waals surface area contributed by atoms with Crippen molar-refractivity contribution in [2.24, 2.45) is 0 Å². The van der Waals surface area contributed by atoms with E-state index in [-0.39, 0.29) is 6.04 Å². The highest BCUT2D eigenvalue weighted by Gasteiger charge is 2.32. The first-order chi connectivity index (χ1) is 6.99. The Morgan fingerprint density at radius 2 is 2.00 bits per heavy atom. The SMILES string of the molecule is CN1C[C@H](c2ccc(Cl)cc2)NS1(=O)=O. The maximum atomic E-state index is 11.4. The Balaban J connectivity index is 2.25. The number of nitrogens with zero attached hydrogens (tertiary/aromatic N) is 1. The molecule has 0 saturated carbocycles. The van der Waals surface area contributed by atoms with E-state index in [9.17, 15) is 8.42 Å². The topological polar surface area (TPSA) is 49.4 Å². The van der Waals surface area contributed by atoms with Crippen LogP contribution in [0.15, 0.2) is 24.3 Å². The zero-order chi connectivity index (χ0) is 11.1. The van der Waals surface area contributed by atoms with Gasteiger partial charge in [0, 0.05) is 18.6 Å². The normalized spacial score (nSPS) is 25.6. The summed E-state index contributed by atoms with van der Waals surface area (Å²) in [7, 11) is -1.73. The van der Waals surface area contributed by atoms with Crippen LogP contribution in [0.4, 0.5) is 0 Å². The van der Waals surface area contributed by atoms with Crippen molar-refractivity contribution in [3.63, 3.8) is 0 Å². The summed E-state index contributed by atoms with van der Waals surface area (Å²) in [5.41, 5.74) is 0.923. The maximum Gasteiger partial charge on any atom is 0.279 e. The van der Waals surface area contributed by atoms with E-state index in [4.69, 9.17) is 11.6 Å². The maximum absolute atomic E-state index is 11.4. The van der Waals surface area contributed by atoms with E-state index in [1.165, 1.54) is 4.31 Å². The zero-order valence-corrected chi connectivity index (χ0v) is 9.72. The second-order valence-electron chi connectivity index (χ2n) is 3.51. The van der Waals surface area contributed by atoms with Gasteiger partial charge in [-0.05, 0) is 17.7 Å². The Labute approximate surface area is 94.0 Å². The molecule has 1 aromatic carbocycles. The average molecular weight is 247 g/mol. The molecule has 0 spiro atoms. The molecule has 6 heteroatoms. The van der Waals surface area contributed by atoms with E-state index in [0.29, 0.717) is 11.6 Å². The van der Waals surface area contributed by atoms with E-state index >= 15 is 0 Å². The Morgan fingerprint density at radius 3 is 2.47 bits per heavy atom. The van der Waals surface area contributed by atoms with Crippen LogP contribution in [0.5, 0.6) is 0 Å². The third-order valence-corrected chi connectivity index (χ3v) is 4.22. The quantitative estimate of drug-likeness (QED) is 0.809. The first kappa shape index (κ1) is 10.9. The smallest absolute Gasteiger partial charge is 0.195 e. The number of hydrogen-bond donors (Lipinski definition) is 1. The molecule has 1 atom stereocenters. The van der Waals surface area contributed by atoms with Gasteiger partial charge < -0.3 is 0 Å². The van der Waals surface area contributed by atoms with Gasteiger partial charge in [0.05, 0.1) is 6.04 Å². The molecule has 1 aromatic rings. The van der Waals surface area contributed by atoms with E-state index in [2.05, 4.69) is 4.72 Å². The summed E-state index contributed by atoms with van der Waals surface area (Å²) in [6.07, 6.45) is 0. The predicted molar refractivity (Wildman–Crippen MR) is 58.9 cm³/mol. The minimum Gasteiger partial charge on any atom is -0.195 e. The number of hydrogen-bond acceptors (Lipinski definition) is 2. The second kappa shape index (κ2) is 3.75. The standard InChI is InChI=1S/C9H11ClN2O2S/c1-12-6-9(11-15(12,13)14)7-2-4-8(10)5-3-7/h2-5,9,11H,6H2,1H3/t9-/m1/s1. The molecule has 2 rings (SSSR count). The molecule has 1 N–H and O–H groups in total. The number of halogens is 1. The van der Waals surface area contributed by atoms with Crippen LogP contribution in [-0.4, -0.2) is 26.3 Å². The number of rotatable bonds is 1. The molecule has 4 nitrogen and oxygen atoms in total. The molecule has 82 valence electrons. The van der Waals surface area contributed by atoms with Crippen molar-refractivity contribution in [3.05, 3.63) is 34.9 Å². The minimum absolute atomic E-state index is 0.183. The van der Waals surface area contributed by atoms with Crippen LogP contribution in [-0.2, 0) is 10.2 Å². The molecule has 1 aliphatic heterocycles. The summed E-state index contributed by atoms with van der Waals surface area (Å²) in [5.74, 6) is 0. The van der Waals surface area contributed by atoms with Crippen molar-refractivity contribution in [3.8, 4) is 0 Å². The van der Waals surface area contributed by atoms with Crippen LogP contribution in [0, 0.1) is 0 Å². The lowest BCUT2D eigenvalue weighted by molar-refractivity contribution is 0.494. The van der Waals surface area contributed by atoms with Gasteiger partial charge in [0.15, 0.2) is 0 Å². The zero-order valence-electron chi connectivity index (χ0n) is 8.14. The molecule has 1 aliphatic rings. The summed E-state index contributed by atoms with van der Waals surface area (Å²) < 4.78 is 26.7. The van der Waals surface area contributed by atoms with Crippen LogP contribution >= 0.6 is 11.6 Å². The van der Waals surface area contributed by atoms with Gasteiger partial charge in [0.1, 0.15) is 0 Å². The number of likely N-dealkylation sites (N-methyl/N-ethyl adjacent to an activating group) is 1. The number of nitrogens with one attached hydrogen (secondary N) is 1. The average Bonchev–Trinajstić information content (AvgIpc) is 2.42. The summed E-state index contributed by atoms with van der Waals surface area (Å²) in [5, 5.41) is 0.646. The highest BCUT2D eigenvalue weighted by Crippen LogP contribution is 2.23. The van der Waals surface area contributed by atoms with Gasteiger partial charge in [-0.15, -0.1) is 0 Å². The molecule has 0 aliphatic carbocycles. The van der Waals surface area contributed by atoms with Gasteiger partial charge in [-0.25, -0.2) is 0 Å². The van der Waals surface area contributed by atoms with Gasteiger partial charge in [0.2, 0.25) is 0 Å². The summed E-state index contributed by atoms with van der Waals surface area (Å²) in [6, 6.07) is 6.98. The molecule has 1 heterocycles. The van der Waals surface area contributed by atoms with Crippen molar-refractivity contribution >= 4 is 21.8 Å². The van der Waals surface area contributed by atoms with E-state index in [1.54, 1.807) is 19.2 Å². The lowest BCUT2D eigenvalue weighted by Crippen LogP contribution is -2.25. The minimum atomic E-state index is -3.28. The van der Waals surface area contributed by atoms with Gasteiger partial charge in [-0.1, -0.05) is 23.7 Å². The van der Waals surface area contributed by atoms with Gasteiger partial charge in [-0.2, -0.15) is 17.4 Å². The monoisotopic (exact) mass is 246 g/mol. The summed E-state index contributed by atoms with van der Waals surface area (Å²) in [4.78, 5) is 0. The first-order valence-electron chi connectivity index (χ1n) is 4.48. The Morgan fingerprint density at radius 1 is 1.40 bits per heavy atom. The van der Waals surface area contributed by atoms with Crippen LogP contribution in [0.3, 0.4) is 0 Å². The molecular formula is C9H11ClN2O2S. The van der Waals surface area contributed by atoms with E-state index < -0.39 is 10.2 Å². The lowest BCUT2D eigenvalue weighted by atomic mass is 10.1. The predicted octanol–water partition coefficient (Wildman–Crippen LogP) is 1.16. The van der Waals surface area contributed by atoms with Crippen molar-refractivity contribution in [2.45, 2.75) is 6.04 Å². The fourth-order valence-corrected chi connectivity index (χ4v) is 2.75. The third-order valence-electron chi connectivity index (χ3n) is 2.41. The summed E-state index contributed by atoms with van der Waals surface area (Å²) in [6.45, 7) is 0.448. The van der Waals surface area contributed by atoms with Crippen molar-refractivity contribution in [1.82, 2.24) is 9.03 Å². The lowest BCUT2D eigenvalue weighted by Gasteiger charge is -2.07. The van der Waals surface area contributed by atoms with Crippen LogP contribution in [0.1, 0.15) is 11.6 Å². The molecular weight excluding hydrogens is 236 g/mol. The molecule has 0 amide bonds. The van der Waals surface area contributed by atoms with Gasteiger partial charge in [-0.3, -0.25) is 0 Å². The first-order valence-corrected chi connectivity index (χ1v) is 6.30. The molecule has 1 saturated heterocycles. The second-order valence-corrected chi connectivity index (χ2v) is 5.75. The molecule has 1 fully saturated rings. The van der Waals surface area contributed by atoms with Crippen LogP contribution < -0.4 is 4.72 Å². The van der Waals surface area contributed by atoms with Crippen LogP contribution in [0.25, 0.3) is 0 Å². The molecule has 0 bridgehead atoms. The van der Waals surface area contributed by atoms with Crippen molar-refractivity contribution < 1.29 is 8.42 Å². The Hall–Kier alpha value is -0.620. The highest BCUT2D eigenvalue weighted by molar-refractivity contribution is 7.87. The molecule has 0 radical (unpaired) electrons. The van der Waals surface area contributed by atoms with Crippen molar-refractivity contribution in [1.29, 1.82) is 0 Å². The van der Waals surface area contributed by atoms with Gasteiger partial charge >= 0.3 is 0 Å². The Bertz CT molecular complexity index is 458. The molecule has 0 aromatic heterocycles. The van der Waals surface area contributed by atoms with Crippen molar-refractivity contribution in [2.75, 3.05) is 13.6 Å². The Kier molecular flexibility index (Phi) is 2.72. The fourth-order valence-electron chi connectivity index (χ4n) is 1.53. The largest absolute Gasteiger partial charge is 0.279 e. The number of benzene rings is 1. The van der Waals surface area contributed by atoms with E-state index in [1.807, 2.05) is 12.1 Å². The summed E-state index contributed by atoms with van der Waals surface area (Å²) >= 11 is 5.75.